The van der Waals surface area contributed by atoms with Crippen LogP contribution in [-0.2, 0) is 17.7 Å². The number of nitrogens with zero attached hydrogens (tertiary/aromatic N) is 2. The van der Waals surface area contributed by atoms with E-state index in [4.69, 9.17) is 4.74 Å². The molecule has 0 bridgehead atoms. The Labute approximate surface area is 118 Å². The molecule has 2 aromatic rings. The van der Waals surface area contributed by atoms with Crippen LogP contribution >= 0.6 is 0 Å². The molecule has 108 valence electrons. The molecule has 0 aliphatic carbocycles. The van der Waals surface area contributed by atoms with E-state index in [1.807, 2.05) is 13.0 Å². The van der Waals surface area contributed by atoms with Crippen LogP contribution in [0.15, 0.2) is 30.6 Å². The maximum atomic E-state index is 14.2. The Balaban J connectivity index is 2.10. The number of aryl methyl sites for hydroxylation is 1. The van der Waals surface area contributed by atoms with Gasteiger partial charge in [-0.1, -0.05) is 13.0 Å². The van der Waals surface area contributed by atoms with Gasteiger partial charge in [0.25, 0.3) is 0 Å². The second-order valence-electron chi connectivity index (χ2n) is 4.52. The highest BCUT2D eigenvalue weighted by Crippen LogP contribution is 2.17. The number of rotatable bonds is 7. The molecule has 2 rings (SSSR count). The summed E-state index contributed by atoms with van der Waals surface area (Å²) in [5.41, 5.74) is 1.46. The number of halogens is 1. The van der Waals surface area contributed by atoms with E-state index < -0.39 is 0 Å². The highest BCUT2D eigenvalue weighted by Gasteiger charge is 2.09. The van der Waals surface area contributed by atoms with Crippen LogP contribution in [0.2, 0.25) is 0 Å². The minimum atomic E-state index is -0.233. The number of benzene rings is 1. The first-order valence-electron chi connectivity index (χ1n) is 6.77. The SMILES string of the molecule is CCc1nccn1-c1ccc(CNCCOC)cc1F. The quantitative estimate of drug-likeness (QED) is 0.789. The minimum Gasteiger partial charge on any atom is -0.383 e. The van der Waals surface area contributed by atoms with E-state index >= 15 is 0 Å². The third-order valence-electron chi connectivity index (χ3n) is 3.12. The van der Waals surface area contributed by atoms with Gasteiger partial charge in [-0.05, 0) is 17.7 Å². The minimum absolute atomic E-state index is 0.233. The van der Waals surface area contributed by atoms with E-state index in [-0.39, 0.29) is 5.82 Å². The van der Waals surface area contributed by atoms with Crippen LogP contribution in [0.5, 0.6) is 0 Å². The Bertz CT molecular complexity index is 554. The Morgan fingerprint density at radius 3 is 2.95 bits per heavy atom. The summed E-state index contributed by atoms with van der Waals surface area (Å²) in [5.74, 6) is 0.624. The van der Waals surface area contributed by atoms with Crippen LogP contribution in [0, 0.1) is 5.82 Å². The van der Waals surface area contributed by atoms with Gasteiger partial charge in [0.2, 0.25) is 0 Å². The molecule has 0 amide bonds. The normalized spacial score (nSPS) is 10.9. The van der Waals surface area contributed by atoms with E-state index in [1.165, 1.54) is 0 Å². The molecule has 0 aliphatic rings. The summed E-state index contributed by atoms with van der Waals surface area (Å²) in [6.07, 6.45) is 4.25. The Morgan fingerprint density at radius 1 is 1.40 bits per heavy atom. The fraction of sp³-hybridized carbons (Fsp3) is 0.400. The van der Waals surface area contributed by atoms with Gasteiger partial charge in [0.05, 0.1) is 12.3 Å². The molecule has 4 nitrogen and oxygen atoms in total. The number of imidazole rings is 1. The summed E-state index contributed by atoms with van der Waals surface area (Å²) in [6, 6.07) is 5.29. The zero-order valence-electron chi connectivity index (χ0n) is 11.9. The second-order valence-corrected chi connectivity index (χ2v) is 4.52. The molecule has 1 aromatic carbocycles. The number of nitrogens with one attached hydrogen (secondary N) is 1. The van der Waals surface area contributed by atoms with E-state index in [2.05, 4.69) is 10.3 Å². The molecule has 1 N–H and O–H groups in total. The molecule has 0 saturated carbocycles. The molecule has 0 saturated heterocycles. The molecule has 0 aliphatic heterocycles. The molecule has 1 heterocycles. The van der Waals surface area contributed by atoms with Crippen molar-refractivity contribution in [2.75, 3.05) is 20.3 Å². The first-order valence-corrected chi connectivity index (χ1v) is 6.77. The Hall–Kier alpha value is -1.72. The topological polar surface area (TPSA) is 39.1 Å². The lowest BCUT2D eigenvalue weighted by molar-refractivity contribution is 0.199. The van der Waals surface area contributed by atoms with Crippen molar-refractivity contribution >= 4 is 0 Å². The number of methoxy groups -OCH3 is 1. The summed E-state index contributed by atoms with van der Waals surface area (Å²) >= 11 is 0. The summed E-state index contributed by atoms with van der Waals surface area (Å²) in [7, 11) is 1.66. The molecule has 5 heteroatoms. The van der Waals surface area contributed by atoms with Crippen LogP contribution in [-0.4, -0.2) is 29.8 Å². The van der Waals surface area contributed by atoms with Gasteiger partial charge in [-0.15, -0.1) is 0 Å². The highest BCUT2D eigenvalue weighted by molar-refractivity contribution is 5.37. The average Bonchev–Trinajstić information content (AvgIpc) is 2.92. The second kappa shape index (κ2) is 7.17. The van der Waals surface area contributed by atoms with Crippen LogP contribution < -0.4 is 5.32 Å². The van der Waals surface area contributed by atoms with Gasteiger partial charge in [-0.3, -0.25) is 0 Å². The molecule has 0 fully saturated rings. The fourth-order valence-electron chi connectivity index (χ4n) is 2.08. The maximum Gasteiger partial charge on any atom is 0.147 e. The summed E-state index contributed by atoms with van der Waals surface area (Å²) in [4.78, 5) is 4.21. The van der Waals surface area contributed by atoms with Crippen molar-refractivity contribution in [2.24, 2.45) is 0 Å². The largest absolute Gasteiger partial charge is 0.383 e. The summed E-state index contributed by atoms with van der Waals surface area (Å²) in [6.45, 7) is 4.03. The van der Waals surface area contributed by atoms with Gasteiger partial charge in [0.15, 0.2) is 0 Å². The first kappa shape index (κ1) is 14.7. The summed E-state index contributed by atoms with van der Waals surface area (Å²) in [5, 5.41) is 3.20. The predicted molar refractivity (Wildman–Crippen MR) is 76.5 cm³/mol. The lowest BCUT2D eigenvalue weighted by Gasteiger charge is -2.10. The predicted octanol–water partition coefficient (Wildman–Crippen LogP) is 2.31. The molecule has 0 unspecified atom stereocenters. The van der Waals surface area contributed by atoms with Gasteiger partial charge in [-0.2, -0.15) is 0 Å². The smallest absolute Gasteiger partial charge is 0.147 e. The first-order chi connectivity index (χ1) is 9.76. The lowest BCUT2D eigenvalue weighted by atomic mass is 10.2. The van der Waals surface area contributed by atoms with Gasteiger partial charge >= 0.3 is 0 Å². The van der Waals surface area contributed by atoms with Gasteiger partial charge in [0, 0.05) is 39.0 Å². The number of hydrogen-bond donors (Lipinski definition) is 1. The Kier molecular flexibility index (Phi) is 5.26. The van der Waals surface area contributed by atoms with Crippen molar-refractivity contribution in [1.29, 1.82) is 0 Å². The number of aromatic nitrogens is 2. The van der Waals surface area contributed by atoms with E-state index in [1.54, 1.807) is 36.2 Å². The van der Waals surface area contributed by atoms with Crippen LogP contribution in [0.3, 0.4) is 0 Å². The van der Waals surface area contributed by atoms with Crippen molar-refractivity contribution in [1.82, 2.24) is 14.9 Å². The zero-order valence-corrected chi connectivity index (χ0v) is 11.9. The van der Waals surface area contributed by atoms with Gasteiger partial charge in [0.1, 0.15) is 11.6 Å². The summed E-state index contributed by atoms with van der Waals surface area (Å²) < 4.78 is 20.9. The van der Waals surface area contributed by atoms with Crippen molar-refractivity contribution in [3.63, 3.8) is 0 Å². The van der Waals surface area contributed by atoms with Gasteiger partial charge in [-0.25, -0.2) is 9.37 Å². The van der Waals surface area contributed by atoms with Crippen LogP contribution in [0.25, 0.3) is 5.69 Å². The van der Waals surface area contributed by atoms with Crippen LogP contribution in [0.1, 0.15) is 18.3 Å². The number of ether oxygens (including phenoxy) is 1. The van der Waals surface area contributed by atoms with Crippen molar-refractivity contribution in [2.45, 2.75) is 19.9 Å². The van der Waals surface area contributed by atoms with E-state index in [0.29, 0.717) is 18.8 Å². The van der Waals surface area contributed by atoms with Crippen LogP contribution in [0.4, 0.5) is 4.39 Å². The van der Waals surface area contributed by atoms with E-state index in [9.17, 15) is 4.39 Å². The molecule has 1 aromatic heterocycles. The highest BCUT2D eigenvalue weighted by atomic mass is 19.1. The van der Waals surface area contributed by atoms with Crippen molar-refractivity contribution in [3.8, 4) is 5.69 Å². The molecular formula is C15H20FN3O. The standard InChI is InChI=1S/C15H20FN3O/c1-3-15-18-6-8-19(15)14-5-4-12(10-13(14)16)11-17-7-9-20-2/h4-6,8,10,17H,3,7,9,11H2,1-2H3. The fourth-order valence-corrected chi connectivity index (χ4v) is 2.08. The molecule has 0 radical (unpaired) electrons. The zero-order chi connectivity index (χ0) is 14.4. The maximum absolute atomic E-state index is 14.2. The van der Waals surface area contributed by atoms with Crippen molar-refractivity contribution < 1.29 is 9.13 Å². The van der Waals surface area contributed by atoms with Gasteiger partial charge < -0.3 is 14.6 Å². The molecular weight excluding hydrogens is 257 g/mol. The average molecular weight is 277 g/mol. The monoisotopic (exact) mass is 277 g/mol. The third-order valence-corrected chi connectivity index (χ3v) is 3.12. The lowest BCUT2D eigenvalue weighted by Crippen LogP contribution is -2.18. The molecule has 20 heavy (non-hydrogen) atoms. The number of hydrogen-bond acceptors (Lipinski definition) is 3. The molecule has 0 atom stereocenters. The van der Waals surface area contributed by atoms with Crippen molar-refractivity contribution in [3.05, 3.63) is 47.8 Å². The Morgan fingerprint density at radius 2 is 2.25 bits per heavy atom. The third kappa shape index (κ3) is 3.43. The van der Waals surface area contributed by atoms with E-state index in [0.717, 1.165) is 24.4 Å². The molecule has 0 spiro atoms.